The summed E-state index contributed by atoms with van der Waals surface area (Å²) in [7, 11) is 1.82. The van der Waals surface area contributed by atoms with Crippen LogP contribution in [0.2, 0.25) is 0 Å². The third-order valence-corrected chi connectivity index (χ3v) is 3.18. The van der Waals surface area contributed by atoms with Crippen LogP contribution >= 0.6 is 0 Å². The summed E-state index contributed by atoms with van der Waals surface area (Å²) in [4.78, 5) is 26.5. The van der Waals surface area contributed by atoms with Gasteiger partial charge in [0.25, 0.3) is 0 Å². The molecule has 2 rings (SSSR count). The van der Waals surface area contributed by atoms with Gasteiger partial charge in [-0.2, -0.15) is 0 Å². The number of hydrogen-bond donors (Lipinski definition) is 2. The van der Waals surface area contributed by atoms with Gasteiger partial charge in [-0.15, -0.1) is 0 Å². The van der Waals surface area contributed by atoms with Gasteiger partial charge in [0.05, 0.1) is 11.4 Å². The first-order valence-electron chi connectivity index (χ1n) is 6.08. The Bertz CT molecular complexity index is 643. The highest BCUT2D eigenvalue weighted by Gasteiger charge is 2.17. The molecule has 2 aromatic rings. The van der Waals surface area contributed by atoms with Crippen molar-refractivity contribution >= 4 is 22.8 Å². The van der Waals surface area contributed by atoms with E-state index >= 15 is 0 Å². The van der Waals surface area contributed by atoms with E-state index in [-0.39, 0.29) is 0 Å². The number of nitrogens with zero attached hydrogens (tertiary/aromatic N) is 1. The second-order valence-electron chi connectivity index (χ2n) is 4.52. The minimum atomic E-state index is -0.799. The molecule has 0 fully saturated rings. The number of oxazole rings is 1. The normalized spacial score (nSPS) is 12.5. The van der Waals surface area contributed by atoms with Gasteiger partial charge >= 0.3 is 11.7 Å². The number of nitrogens with one attached hydrogen (secondary N) is 1. The quantitative estimate of drug-likeness (QED) is 0.857. The molecule has 0 saturated carbocycles. The monoisotopic (exact) mass is 264 g/mol. The van der Waals surface area contributed by atoms with Gasteiger partial charge in [0, 0.05) is 19.3 Å². The summed E-state index contributed by atoms with van der Waals surface area (Å²) in [6, 6.07) is 5.27. The van der Waals surface area contributed by atoms with Crippen LogP contribution in [0.5, 0.6) is 0 Å². The minimum absolute atomic E-state index is 0.413. The molecule has 1 aromatic heterocycles. The fraction of sp³-hybridized carbons (Fsp3) is 0.385. The van der Waals surface area contributed by atoms with Gasteiger partial charge in [0.1, 0.15) is 0 Å². The third-order valence-electron chi connectivity index (χ3n) is 3.18. The fourth-order valence-corrected chi connectivity index (χ4v) is 2.00. The molecular weight excluding hydrogens is 248 g/mol. The van der Waals surface area contributed by atoms with Crippen LogP contribution in [0.4, 0.5) is 5.69 Å². The molecule has 6 heteroatoms. The summed E-state index contributed by atoms with van der Waals surface area (Å²) in [5.74, 6) is -1.71. The summed E-state index contributed by atoms with van der Waals surface area (Å²) in [5.41, 5.74) is 1.94. The zero-order valence-corrected chi connectivity index (χ0v) is 10.8. The topological polar surface area (TPSA) is 86.5 Å². The van der Waals surface area contributed by atoms with E-state index in [1.54, 1.807) is 18.2 Å². The largest absolute Gasteiger partial charge is 0.481 e. The molecule has 19 heavy (non-hydrogen) atoms. The number of H-pyrrole nitrogens is 1. The predicted molar refractivity (Wildman–Crippen MR) is 71.5 cm³/mol. The van der Waals surface area contributed by atoms with Gasteiger partial charge in [0.15, 0.2) is 5.58 Å². The Balaban J connectivity index is 2.23. The Hall–Kier alpha value is -2.24. The standard InChI is InChI=1S/C13H16N2O4/c1-3-8(12(16)17)7-15(2)9-4-5-11-10(6-9)14-13(18)19-11/h4-6,8H,3,7H2,1-2H3,(H,14,18)(H,16,17). The number of carboxylic acid groups (broad SMARTS) is 1. The van der Waals surface area contributed by atoms with E-state index in [1.807, 2.05) is 18.9 Å². The van der Waals surface area contributed by atoms with Gasteiger partial charge in [-0.05, 0) is 24.6 Å². The average Bonchev–Trinajstić information content (AvgIpc) is 2.74. The molecule has 0 saturated heterocycles. The van der Waals surface area contributed by atoms with E-state index in [2.05, 4.69) is 4.98 Å². The molecule has 0 aliphatic carbocycles. The number of rotatable bonds is 5. The maximum atomic E-state index is 11.1. The maximum absolute atomic E-state index is 11.1. The lowest BCUT2D eigenvalue weighted by Gasteiger charge is -2.22. The van der Waals surface area contributed by atoms with Crippen molar-refractivity contribution in [3.8, 4) is 0 Å². The molecule has 1 heterocycles. The Labute approximate surface area is 109 Å². The number of benzene rings is 1. The van der Waals surface area contributed by atoms with Crippen molar-refractivity contribution in [2.24, 2.45) is 5.92 Å². The van der Waals surface area contributed by atoms with Gasteiger partial charge in [0.2, 0.25) is 0 Å². The molecule has 0 aliphatic heterocycles. The number of aromatic nitrogens is 1. The van der Waals surface area contributed by atoms with E-state index in [4.69, 9.17) is 9.52 Å². The molecule has 0 aliphatic rings. The van der Waals surface area contributed by atoms with Gasteiger partial charge in [-0.1, -0.05) is 6.92 Å². The van der Waals surface area contributed by atoms with Crippen LogP contribution in [-0.2, 0) is 4.79 Å². The molecule has 0 spiro atoms. The summed E-state index contributed by atoms with van der Waals surface area (Å²) >= 11 is 0. The van der Waals surface area contributed by atoms with Crippen molar-refractivity contribution in [1.29, 1.82) is 0 Å². The highest BCUT2D eigenvalue weighted by molar-refractivity contribution is 5.77. The van der Waals surface area contributed by atoms with E-state index in [0.717, 1.165) is 5.69 Å². The number of carbonyl (C=O) groups is 1. The Morgan fingerprint density at radius 2 is 2.26 bits per heavy atom. The first-order chi connectivity index (χ1) is 9.01. The SMILES string of the molecule is CCC(CN(C)c1ccc2oc(=O)[nH]c2c1)C(=O)O. The summed E-state index contributed by atoms with van der Waals surface area (Å²) in [6.07, 6.45) is 0.574. The highest BCUT2D eigenvalue weighted by atomic mass is 16.4. The number of anilines is 1. The maximum Gasteiger partial charge on any atom is 0.417 e. The average molecular weight is 264 g/mol. The van der Waals surface area contributed by atoms with Gasteiger partial charge in [-0.3, -0.25) is 9.78 Å². The second-order valence-corrected chi connectivity index (χ2v) is 4.52. The first-order valence-corrected chi connectivity index (χ1v) is 6.08. The van der Waals surface area contributed by atoms with Crippen LogP contribution in [0.15, 0.2) is 27.4 Å². The van der Waals surface area contributed by atoms with E-state index in [0.29, 0.717) is 24.1 Å². The predicted octanol–water partition coefficient (Wildman–Crippen LogP) is 1.67. The minimum Gasteiger partial charge on any atom is -0.481 e. The van der Waals surface area contributed by atoms with E-state index < -0.39 is 17.6 Å². The molecule has 0 radical (unpaired) electrons. The molecule has 1 unspecified atom stereocenters. The van der Waals surface area contributed by atoms with Crippen molar-refractivity contribution in [3.05, 3.63) is 28.7 Å². The second kappa shape index (κ2) is 5.17. The number of aromatic amines is 1. The van der Waals surface area contributed by atoms with Crippen molar-refractivity contribution in [2.45, 2.75) is 13.3 Å². The number of aliphatic carboxylic acids is 1. The Kier molecular flexibility index (Phi) is 3.59. The third kappa shape index (κ3) is 2.78. The van der Waals surface area contributed by atoms with Crippen molar-refractivity contribution in [3.63, 3.8) is 0 Å². The van der Waals surface area contributed by atoms with E-state index in [9.17, 15) is 9.59 Å². The number of hydrogen-bond acceptors (Lipinski definition) is 4. The summed E-state index contributed by atoms with van der Waals surface area (Å²) in [6.45, 7) is 2.27. The van der Waals surface area contributed by atoms with Crippen molar-refractivity contribution in [1.82, 2.24) is 4.98 Å². The molecule has 2 N–H and O–H groups in total. The molecule has 0 bridgehead atoms. The fourth-order valence-electron chi connectivity index (χ4n) is 2.00. The van der Waals surface area contributed by atoms with Crippen LogP contribution < -0.4 is 10.7 Å². The number of fused-ring (bicyclic) bond motifs is 1. The summed E-state index contributed by atoms with van der Waals surface area (Å²) in [5, 5.41) is 9.05. The highest BCUT2D eigenvalue weighted by Crippen LogP contribution is 2.20. The van der Waals surface area contributed by atoms with Crippen molar-refractivity contribution < 1.29 is 14.3 Å². The Morgan fingerprint density at radius 3 is 2.89 bits per heavy atom. The lowest BCUT2D eigenvalue weighted by atomic mass is 10.1. The van der Waals surface area contributed by atoms with Crippen molar-refractivity contribution in [2.75, 3.05) is 18.5 Å². The van der Waals surface area contributed by atoms with Crippen LogP contribution in [0, 0.1) is 5.92 Å². The molecule has 6 nitrogen and oxygen atoms in total. The molecule has 1 atom stereocenters. The lowest BCUT2D eigenvalue weighted by molar-refractivity contribution is -0.141. The molecule has 0 amide bonds. The van der Waals surface area contributed by atoms with Gasteiger partial charge in [-0.25, -0.2) is 4.79 Å². The van der Waals surface area contributed by atoms with Crippen LogP contribution in [0.3, 0.4) is 0 Å². The lowest BCUT2D eigenvalue weighted by Crippen LogP contribution is -2.29. The Morgan fingerprint density at radius 1 is 1.53 bits per heavy atom. The smallest absolute Gasteiger partial charge is 0.417 e. The van der Waals surface area contributed by atoms with E-state index in [1.165, 1.54) is 0 Å². The molecular formula is C13H16N2O4. The van der Waals surface area contributed by atoms with Crippen LogP contribution in [0.25, 0.3) is 11.1 Å². The first kappa shape index (κ1) is 13.2. The molecule has 102 valence electrons. The summed E-state index contributed by atoms with van der Waals surface area (Å²) < 4.78 is 4.92. The molecule has 1 aromatic carbocycles. The van der Waals surface area contributed by atoms with Gasteiger partial charge < -0.3 is 14.4 Å². The van der Waals surface area contributed by atoms with Crippen LogP contribution in [-0.4, -0.2) is 29.7 Å². The zero-order valence-electron chi connectivity index (χ0n) is 10.8. The zero-order chi connectivity index (χ0) is 14.0. The van der Waals surface area contributed by atoms with Crippen LogP contribution in [0.1, 0.15) is 13.3 Å². The number of carboxylic acids is 1.